The van der Waals surface area contributed by atoms with Crippen molar-refractivity contribution in [3.8, 4) is 0 Å². The largest absolute Gasteiger partial charge is 0.345 e. The maximum absolute atomic E-state index is 13.4. The van der Waals surface area contributed by atoms with Gasteiger partial charge in [0.25, 0.3) is 5.91 Å². The van der Waals surface area contributed by atoms with E-state index in [0.717, 1.165) is 16.7 Å². The number of aromatic nitrogens is 2. The maximum atomic E-state index is 13.4. The molecule has 0 radical (unpaired) electrons. The van der Waals surface area contributed by atoms with Crippen LogP contribution in [-0.2, 0) is 17.9 Å². The highest BCUT2D eigenvalue weighted by Gasteiger charge is 2.22. The zero-order valence-corrected chi connectivity index (χ0v) is 19.3. The molecule has 0 saturated heterocycles. The first-order valence-electron chi connectivity index (χ1n) is 10.8. The summed E-state index contributed by atoms with van der Waals surface area (Å²) in [6.45, 7) is 4.27. The van der Waals surface area contributed by atoms with Gasteiger partial charge in [0.2, 0.25) is 5.91 Å². The molecule has 0 spiro atoms. The Morgan fingerprint density at radius 3 is 2.45 bits per heavy atom. The van der Waals surface area contributed by atoms with Gasteiger partial charge in [-0.3, -0.25) is 9.59 Å². The Hall–Kier alpha value is -3.64. The van der Waals surface area contributed by atoms with E-state index in [4.69, 9.17) is 11.6 Å². The van der Waals surface area contributed by atoms with Gasteiger partial charge in [-0.1, -0.05) is 48.0 Å². The van der Waals surface area contributed by atoms with Gasteiger partial charge in [0, 0.05) is 22.3 Å². The Morgan fingerprint density at radius 2 is 1.73 bits per heavy atom. The van der Waals surface area contributed by atoms with Crippen LogP contribution in [0.5, 0.6) is 0 Å². The third kappa shape index (κ3) is 5.07. The first-order valence-corrected chi connectivity index (χ1v) is 11.2. The van der Waals surface area contributed by atoms with Gasteiger partial charge >= 0.3 is 0 Å². The number of carbonyl (C=O) groups excluding carboxylic acids is 2. The number of para-hydroxylation sites is 3. The SMILES string of the molecule is CC(C)N(C(=O)Cn1c(CNC(=O)c2cccc(Cl)c2)nc2ccccc21)c1ccccc1. The van der Waals surface area contributed by atoms with Gasteiger partial charge in [0.1, 0.15) is 12.4 Å². The molecule has 1 aromatic heterocycles. The normalized spacial score (nSPS) is 11.0. The number of benzene rings is 3. The van der Waals surface area contributed by atoms with E-state index in [-0.39, 0.29) is 30.9 Å². The summed E-state index contributed by atoms with van der Waals surface area (Å²) in [4.78, 5) is 32.5. The minimum Gasteiger partial charge on any atom is -0.345 e. The van der Waals surface area contributed by atoms with E-state index < -0.39 is 0 Å². The third-order valence-corrected chi connectivity index (χ3v) is 5.58. The van der Waals surface area contributed by atoms with Crippen LogP contribution in [0.15, 0.2) is 78.9 Å². The minimum absolute atomic E-state index is 0.0133. The van der Waals surface area contributed by atoms with Gasteiger partial charge in [-0.2, -0.15) is 0 Å². The van der Waals surface area contributed by atoms with Gasteiger partial charge in [-0.15, -0.1) is 0 Å². The van der Waals surface area contributed by atoms with E-state index in [0.29, 0.717) is 16.4 Å². The molecule has 3 aromatic carbocycles. The summed E-state index contributed by atoms with van der Waals surface area (Å²) >= 11 is 6.01. The molecule has 0 fully saturated rings. The summed E-state index contributed by atoms with van der Waals surface area (Å²) in [6.07, 6.45) is 0. The van der Waals surface area contributed by atoms with Crippen molar-refractivity contribution >= 4 is 40.1 Å². The highest BCUT2D eigenvalue weighted by atomic mass is 35.5. The molecule has 0 aliphatic carbocycles. The van der Waals surface area contributed by atoms with E-state index >= 15 is 0 Å². The molecule has 6 nitrogen and oxygen atoms in total. The minimum atomic E-state index is -0.254. The molecular weight excluding hydrogens is 436 g/mol. The van der Waals surface area contributed by atoms with Crippen LogP contribution in [0, 0.1) is 0 Å². The lowest BCUT2D eigenvalue weighted by Gasteiger charge is -2.27. The number of fused-ring (bicyclic) bond motifs is 1. The molecule has 0 unspecified atom stereocenters. The van der Waals surface area contributed by atoms with Crippen molar-refractivity contribution < 1.29 is 9.59 Å². The number of hydrogen-bond acceptors (Lipinski definition) is 3. The second kappa shape index (κ2) is 9.88. The number of carbonyl (C=O) groups is 2. The van der Waals surface area contributed by atoms with Crippen LogP contribution < -0.4 is 10.2 Å². The molecule has 0 atom stereocenters. The second-order valence-electron chi connectivity index (χ2n) is 7.99. The van der Waals surface area contributed by atoms with E-state index in [1.807, 2.05) is 73.0 Å². The van der Waals surface area contributed by atoms with Crippen molar-refractivity contribution in [1.29, 1.82) is 0 Å². The fraction of sp³-hybridized carbons (Fsp3) is 0.192. The number of rotatable bonds is 7. The predicted octanol–water partition coefficient (Wildman–Crippen LogP) is 5.06. The highest BCUT2D eigenvalue weighted by molar-refractivity contribution is 6.30. The third-order valence-electron chi connectivity index (χ3n) is 5.34. The topological polar surface area (TPSA) is 67.2 Å². The lowest BCUT2D eigenvalue weighted by atomic mass is 10.2. The van der Waals surface area contributed by atoms with Gasteiger partial charge in [0.05, 0.1) is 17.6 Å². The molecule has 1 heterocycles. The number of nitrogens with one attached hydrogen (secondary N) is 1. The summed E-state index contributed by atoms with van der Waals surface area (Å²) in [7, 11) is 0. The van der Waals surface area contributed by atoms with Crippen molar-refractivity contribution in [3.63, 3.8) is 0 Å². The fourth-order valence-electron chi connectivity index (χ4n) is 3.86. The Morgan fingerprint density at radius 1 is 1.00 bits per heavy atom. The van der Waals surface area contributed by atoms with Crippen LogP contribution in [0.3, 0.4) is 0 Å². The first kappa shape index (κ1) is 22.6. The molecule has 168 valence electrons. The smallest absolute Gasteiger partial charge is 0.251 e. The van der Waals surface area contributed by atoms with Crippen LogP contribution in [-0.4, -0.2) is 27.4 Å². The number of nitrogens with zero attached hydrogens (tertiary/aromatic N) is 3. The Balaban J connectivity index is 1.61. The van der Waals surface area contributed by atoms with E-state index in [1.165, 1.54) is 0 Å². The van der Waals surface area contributed by atoms with Crippen molar-refractivity contribution in [2.75, 3.05) is 4.90 Å². The summed E-state index contributed by atoms with van der Waals surface area (Å²) in [5.74, 6) is 0.300. The number of hydrogen-bond donors (Lipinski definition) is 1. The standard InChI is InChI=1S/C26H25ClN4O2/c1-18(2)31(21-11-4-3-5-12-21)25(32)17-30-23-14-7-6-13-22(23)29-24(30)16-28-26(33)19-9-8-10-20(27)15-19/h3-15,18H,16-17H2,1-2H3,(H,28,33). The molecule has 0 aliphatic heterocycles. The summed E-state index contributed by atoms with van der Waals surface area (Å²) in [5, 5.41) is 3.39. The Bertz CT molecular complexity index is 1280. The van der Waals surface area contributed by atoms with E-state index in [2.05, 4.69) is 10.3 Å². The molecule has 1 N–H and O–H groups in total. The van der Waals surface area contributed by atoms with Crippen molar-refractivity contribution in [2.24, 2.45) is 0 Å². The first-order chi connectivity index (χ1) is 15.9. The van der Waals surface area contributed by atoms with Crippen molar-refractivity contribution in [3.05, 3.63) is 95.3 Å². The number of amides is 2. The van der Waals surface area contributed by atoms with Crippen LogP contribution in [0.2, 0.25) is 5.02 Å². The van der Waals surface area contributed by atoms with E-state index in [1.54, 1.807) is 29.2 Å². The number of halogens is 1. The van der Waals surface area contributed by atoms with Crippen LogP contribution in [0.25, 0.3) is 11.0 Å². The molecule has 7 heteroatoms. The molecule has 4 aromatic rings. The Kier molecular flexibility index (Phi) is 6.75. The van der Waals surface area contributed by atoms with Gasteiger partial charge in [-0.05, 0) is 56.3 Å². The quantitative estimate of drug-likeness (QED) is 0.419. The average molecular weight is 461 g/mol. The van der Waals surface area contributed by atoms with Crippen molar-refractivity contribution in [2.45, 2.75) is 33.0 Å². The van der Waals surface area contributed by atoms with Crippen LogP contribution in [0.1, 0.15) is 30.0 Å². The zero-order chi connectivity index (χ0) is 23.4. The van der Waals surface area contributed by atoms with Crippen LogP contribution in [0.4, 0.5) is 5.69 Å². The van der Waals surface area contributed by atoms with Crippen LogP contribution >= 0.6 is 11.6 Å². The fourth-order valence-corrected chi connectivity index (χ4v) is 4.05. The number of anilines is 1. The van der Waals surface area contributed by atoms with Gasteiger partial charge in [0.15, 0.2) is 0 Å². The molecule has 0 saturated carbocycles. The Labute approximate surface area is 197 Å². The molecule has 2 amide bonds. The maximum Gasteiger partial charge on any atom is 0.251 e. The summed E-state index contributed by atoms with van der Waals surface area (Å²) < 4.78 is 1.87. The molecule has 4 rings (SSSR count). The zero-order valence-electron chi connectivity index (χ0n) is 18.5. The van der Waals surface area contributed by atoms with E-state index in [9.17, 15) is 9.59 Å². The highest BCUT2D eigenvalue weighted by Crippen LogP contribution is 2.21. The molecule has 0 bridgehead atoms. The van der Waals surface area contributed by atoms with Gasteiger partial charge in [-0.25, -0.2) is 4.98 Å². The van der Waals surface area contributed by atoms with Gasteiger partial charge < -0.3 is 14.8 Å². The lowest BCUT2D eigenvalue weighted by Crippen LogP contribution is -2.39. The molecule has 0 aliphatic rings. The van der Waals surface area contributed by atoms with Crippen molar-refractivity contribution in [1.82, 2.24) is 14.9 Å². The molecular formula is C26H25ClN4O2. The average Bonchev–Trinajstić information content (AvgIpc) is 3.15. The molecule has 33 heavy (non-hydrogen) atoms. The predicted molar refractivity (Wildman–Crippen MR) is 131 cm³/mol. The second-order valence-corrected chi connectivity index (χ2v) is 8.43. The summed E-state index contributed by atoms with van der Waals surface area (Å²) in [6, 6.07) is 24.0. The monoisotopic (exact) mass is 460 g/mol. The summed E-state index contributed by atoms with van der Waals surface area (Å²) in [5.41, 5.74) is 2.93. The number of imidazole rings is 1. The lowest BCUT2D eigenvalue weighted by molar-refractivity contribution is -0.119.